The highest BCUT2D eigenvalue weighted by atomic mass is 32.2. The summed E-state index contributed by atoms with van der Waals surface area (Å²) in [6, 6.07) is -0.0309. The largest absolute Gasteiger partial charge is 0.408 e. The highest BCUT2D eigenvalue weighted by Crippen LogP contribution is 2.19. The molecule has 0 spiro atoms. The summed E-state index contributed by atoms with van der Waals surface area (Å²) in [6.07, 6.45) is -1.35. The predicted molar refractivity (Wildman–Crippen MR) is 69.1 cm³/mol. The molecule has 2 heterocycles. The van der Waals surface area contributed by atoms with Gasteiger partial charge in [0, 0.05) is 18.3 Å². The topological polar surface area (TPSA) is 76.0 Å². The van der Waals surface area contributed by atoms with Crippen molar-refractivity contribution in [3.63, 3.8) is 0 Å². The molecule has 1 aromatic rings. The van der Waals surface area contributed by atoms with E-state index in [0.717, 1.165) is 12.4 Å². The molecule has 21 heavy (non-hydrogen) atoms. The average molecular weight is 326 g/mol. The predicted octanol–water partition coefficient (Wildman–Crippen LogP) is 0.864. The van der Waals surface area contributed by atoms with E-state index < -0.39 is 22.7 Å². The Bertz CT molecular complexity index is 585. The van der Waals surface area contributed by atoms with Crippen molar-refractivity contribution in [3.8, 4) is 0 Å². The summed E-state index contributed by atoms with van der Waals surface area (Å²) >= 11 is 0. The van der Waals surface area contributed by atoms with Gasteiger partial charge in [-0.2, -0.15) is 18.3 Å². The molecule has 120 valence electrons. The van der Waals surface area contributed by atoms with Crippen molar-refractivity contribution in [3.05, 3.63) is 12.4 Å². The quantitative estimate of drug-likeness (QED) is 0.861. The smallest absolute Gasteiger partial charge is 0.314 e. The van der Waals surface area contributed by atoms with Gasteiger partial charge in [0.2, 0.25) is 10.0 Å². The average Bonchev–Trinajstić information content (AvgIpc) is 2.75. The molecule has 6 nitrogen and oxygen atoms in total. The Balaban J connectivity index is 2.05. The van der Waals surface area contributed by atoms with E-state index in [9.17, 15) is 21.6 Å². The summed E-state index contributed by atoms with van der Waals surface area (Å²) in [6.45, 7) is 1.33. The van der Waals surface area contributed by atoms with Crippen LogP contribution in [0.5, 0.6) is 0 Å². The zero-order chi connectivity index (χ0) is 15.7. The van der Waals surface area contributed by atoms with Gasteiger partial charge in [-0.15, -0.1) is 0 Å². The lowest BCUT2D eigenvalue weighted by atomic mass is 10.0. The molecular formula is C11H17F3N4O2S. The maximum Gasteiger partial charge on any atom is 0.408 e. The van der Waals surface area contributed by atoms with Crippen LogP contribution in [0.25, 0.3) is 0 Å². The second-order valence-corrected chi connectivity index (χ2v) is 6.90. The minimum Gasteiger partial charge on any atom is -0.314 e. The Morgan fingerprint density at radius 2 is 2.24 bits per heavy atom. The number of nitrogens with zero attached hydrogens (tertiary/aromatic N) is 2. The van der Waals surface area contributed by atoms with E-state index in [0.29, 0.717) is 24.1 Å². The van der Waals surface area contributed by atoms with Gasteiger partial charge in [-0.3, -0.25) is 4.68 Å². The molecule has 10 heteroatoms. The van der Waals surface area contributed by atoms with Crippen LogP contribution in [0, 0.1) is 0 Å². The molecule has 1 aliphatic heterocycles. The number of rotatable bonds is 4. The fourth-order valence-corrected chi connectivity index (χ4v) is 3.52. The SMILES string of the molecule is CC1CC(NS(=O)(=O)c2cnn(CC(F)(F)F)c2)CCN1. The first-order chi connectivity index (χ1) is 9.66. The second kappa shape index (κ2) is 5.93. The first-order valence-electron chi connectivity index (χ1n) is 6.51. The third-order valence-electron chi connectivity index (χ3n) is 3.21. The summed E-state index contributed by atoms with van der Waals surface area (Å²) in [5, 5.41) is 6.63. The Morgan fingerprint density at radius 3 is 2.86 bits per heavy atom. The van der Waals surface area contributed by atoms with Gasteiger partial charge in [0.15, 0.2) is 0 Å². The van der Waals surface area contributed by atoms with Gasteiger partial charge in [0.05, 0.1) is 6.20 Å². The number of aromatic nitrogens is 2. The molecule has 0 saturated carbocycles. The molecule has 0 bridgehead atoms. The molecule has 0 radical (unpaired) electrons. The van der Waals surface area contributed by atoms with Crippen LogP contribution in [0.2, 0.25) is 0 Å². The normalized spacial score (nSPS) is 24.2. The van der Waals surface area contributed by atoms with Crippen LogP contribution in [-0.2, 0) is 16.6 Å². The number of piperidine rings is 1. The van der Waals surface area contributed by atoms with Crippen molar-refractivity contribution in [2.75, 3.05) is 6.54 Å². The number of sulfonamides is 1. The number of hydrogen-bond acceptors (Lipinski definition) is 4. The molecule has 1 aliphatic rings. The summed E-state index contributed by atoms with van der Waals surface area (Å²) in [5.41, 5.74) is 0. The van der Waals surface area contributed by atoms with Gasteiger partial charge in [-0.25, -0.2) is 13.1 Å². The summed E-state index contributed by atoms with van der Waals surface area (Å²) in [5.74, 6) is 0. The molecule has 2 rings (SSSR count). The zero-order valence-corrected chi connectivity index (χ0v) is 12.2. The van der Waals surface area contributed by atoms with Crippen LogP contribution < -0.4 is 10.0 Å². The number of halogens is 3. The van der Waals surface area contributed by atoms with Crippen LogP contribution in [0.4, 0.5) is 13.2 Å². The van der Waals surface area contributed by atoms with Crippen molar-refractivity contribution >= 4 is 10.0 Å². The highest BCUT2D eigenvalue weighted by molar-refractivity contribution is 7.89. The third-order valence-corrected chi connectivity index (χ3v) is 4.68. The first kappa shape index (κ1) is 16.2. The van der Waals surface area contributed by atoms with E-state index in [2.05, 4.69) is 15.1 Å². The van der Waals surface area contributed by atoms with Crippen molar-refractivity contribution < 1.29 is 21.6 Å². The van der Waals surface area contributed by atoms with Crippen LogP contribution in [-0.4, -0.2) is 43.0 Å². The molecule has 0 aliphatic carbocycles. The maximum atomic E-state index is 12.2. The van der Waals surface area contributed by atoms with Crippen LogP contribution >= 0.6 is 0 Å². The van der Waals surface area contributed by atoms with Crippen LogP contribution in [0.3, 0.4) is 0 Å². The van der Waals surface area contributed by atoms with Gasteiger partial charge in [0.1, 0.15) is 11.4 Å². The van der Waals surface area contributed by atoms with Gasteiger partial charge >= 0.3 is 6.18 Å². The lowest BCUT2D eigenvalue weighted by molar-refractivity contribution is -0.142. The van der Waals surface area contributed by atoms with Gasteiger partial charge in [-0.05, 0) is 26.3 Å². The fraction of sp³-hybridized carbons (Fsp3) is 0.727. The van der Waals surface area contributed by atoms with Gasteiger partial charge < -0.3 is 5.32 Å². The summed E-state index contributed by atoms with van der Waals surface area (Å²) in [7, 11) is -3.85. The molecule has 1 aromatic heterocycles. The summed E-state index contributed by atoms with van der Waals surface area (Å²) < 4.78 is 64.0. The molecule has 0 aromatic carbocycles. The Labute approximate surface area is 120 Å². The van der Waals surface area contributed by atoms with Crippen molar-refractivity contribution in [2.24, 2.45) is 0 Å². The van der Waals surface area contributed by atoms with Gasteiger partial charge in [-0.1, -0.05) is 0 Å². The fourth-order valence-electron chi connectivity index (χ4n) is 2.28. The summed E-state index contributed by atoms with van der Waals surface area (Å²) in [4.78, 5) is -0.252. The van der Waals surface area contributed by atoms with Crippen molar-refractivity contribution in [1.29, 1.82) is 0 Å². The molecule has 1 fully saturated rings. The van der Waals surface area contributed by atoms with E-state index in [1.165, 1.54) is 0 Å². The molecule has 2 N–H and O–H groups in total. The third kappa shape index (κ3) is 4.68. The molecule has 2 atom stereocenters. The lowest BCUT2D eigenvalue weighted by Gasteiger charge is -2.28. The second-order valence-electron chi connectivity index (χ2n) is 5.19. The molecular weight excluding hydrogens is 309 g/mol. The minimum atomic E-state index is -4.44. The number of alkyl halides is 3. The van der Waals surface area contributed by atoms with Crippen LogP contribution in [0.15, 0.2) is 17.3 Å². The van der Waals surface area contributed by atoms with E-state index in [4.69, 9.17) is 0 Å². The molecule has 0 amide bonds. The van der Waals surface area contributed by atoms with E-state index in [1.54, 1.807) is 0 Å². The first-order valence-corrected chi connectivity index (χ1v) is 7.99. The van der Waals surface area contributed by atoms with Crippen molar-refractivity contribution in [2.45, 2.75) is 49.5 Å². The number of hydrogen-bond donors (Lipinski definition) is 2. The monoisotopic (exact) mass is 326 g/mol. The molecule has 2 unspecified atom stereocenters. The van der Waals surface area contributed by atoms with E-state index in [-0.39, 0.29) is 17.0 Å². The standard InChI is InChI=1S/C11H17F3N4O2S/c1-8-4-9(2-3-15-8)17-21(19,20)10-5-16-18(6-10)7-11(12,13)14/h5-6,8-9,15,17H,2-4,7H2,1H3. The maximum absolute atomic E-state index is 12.2. The highest BCUT2D eigenvalue weighted by Gasteiger charge is 2.30. The Morgan fingerprint density at radius 1 is 1.52 bits per heavy atom. The molecule has 1 saturated heterocycles. The van der Waals surface area contributed by atoms with E-state index in [1.807, 2.05) is 6.92 Å². The number of nitrogens with one attached hydrogen (secondary N) is 2. The van der Waals surface area contributed by atoms with Crippen molar-refractivity contribution in [1.82, 2.24) is 19.8 Å². The Kier molecular flexibility index (Phi) is 4.59. The zero-order valence-electron chi connectivity index (χ0n) is 11.4. The Hall–Kier alpha value is -1.13. The minimum absolute atomic E-state index is 0.194. The van der Waals surface area contributed by atoms with Gasteiger partial charge in [0.25, 0.3) is 0 Å². The lowest BCUT2D eigenvalue weighted by Crippen LogP contribution is -2.46. The van der Waals surface area contributed by atoms with E-state index >= 15 is 0 Å². The van der Waals surface area contributed by atoms with Crippen LogP contribution in [0.1, 0.15) is 19.8 Å².